The summed E-state index contributed by atoms with van der Waals surface area (Å²) in [4.78, 5) is 12.8. The Balaban J connectivity index is 2.56. The summed E-state index contributed by atoms with van der Waals surface area (Å²) in [5.41, 5.74) is 1.10. The molecule has 0 bridgehead atoms. The number of carbonyl (C=O) groups excluding carboxylic acids is 1. The first-order chi connectivity index (χ1) is 7.74. The van der Waals surface area contributed by atoms with Crippen LogP contribution < -0.4 is 4.90 Å². The van der Waals surface area contributed by atoms with Crippen LogP contribution in [0.5, 0.6) is 0 Å². The predicted octanol–water partition coefficient (Wildman–Crippen LogP) is 2.86. The molecule has 0 aromatic heterocycles. The van der Waals surface area contributed by atoms with E-state index in [1.165, 1.54) is 10.8 Å². The van der Waals surface area contributed by atoms with Crippen molar-refractivity contribution in [1.82, 2.24) is 0 Å². The fourth-order valence-electron chi connectivity index (χ4n) is 1.83. The van der Waals surface area contributed by atoms with Crippen molar-refractivity contribution in [2.75, 3.05) is 11.9 Å². The second kappa shape index (κ2) is 4.35. The van der Waals surface area contributed by atoms with Gasteiger partial charge in [-0.3, -0.25) is 0 Å². The minimum atomic E-state index is -0.106. The number of aldehydes is 1. The Morgan fingerprint density at radius 2 is 1.81 bits per heavy atom. The van der Waals surface area contributed by atoms with Crippen molar-refractivity contribution in [2.24, 2.45) is 0 Å². The third-order valence-corrected chi connectivity index (χ3v) is 2.95. The molecule has 2 aromatic rings. The summed E-state index contributed by atoms with van der Waals surface area (Å²) >= 11 is 0. The summed E-state index contributed by atoms with van der Waals surface area (Å²) in [7, 11) is 1.95. The first-order valence-electron chi connectivity index (χ1n) is 5.40. The topological polar surface area (TPSA) is 20.3 Å². The van der Waals surface area contributed by atoms with Crippen LogP contribution in [0.4, 0.5) is 5.69 Å². The van der Waals surface area contributed by atoms with Gasteiger partial charge in [0.1, 0.15) is 6.29 Å². The summed E-state index contributed by atoms with van der Waals surface area (Å²) in [6, 6.07) is 14.2. The molecular formula is C14H15NO. The maximum atomic E-state index is 10.8. The molecule has 2 rings (SSSR count). The van der Waals surface area contributed by atoms with E-state index in [4.69, 9.17) is 0 Å². The standard InChI is InChI=1S/C14H15NO/c1-11(10-16)15(2)14-9-5-7-12-6-3-4-8-13(12)14/h3-11H,1-2H3/t11-/m0/s1. The van der Waals surface area contributed by atoms with Gasteiger partial charge in [-0.15, -0.1) is 0 Å². The minimum Gasteiger partial charge on any atom is -0.365 e. The molecule has 0 spiro atoms. The quantitative estimate of drug-likeness (QED) is 0.731. The van der Waals surface area contributed by atoms with Crippen LogP contribution in [0.1, 0.15) is 6.92 Å². The molecule has 0 unspecified atom stereocenters. The zero-order valence-corrected chi connectivity index (χ0v) is 9.55. The van der Waals surface area contributed by atoms with Crippen molar-refractivity contribution in [2.45, 2.75) is 13.0 Å². The van der Waals surface area contributed by atoms with Crippen molar-refractivity contribution in [1.29, 1.82) is 0 Å². The third kappa shape index (κ3) is 1.78. The van der Waals surface area contributed by atoms with Crippen LogP contribution in [0, 0.1) is 0 Å². The van der Waals surface area contributed by atoms with E-state index in [1.807, 2.05) is 43.1 Å². The number of hydrogen-bond acceptors (Lipinski definition) is 2. The summed E-state index contributed by atoms with van der Waals surface area (Å²) < 4.78 is 0. The van der Waals surface area contributed by atoms with Crippen LogP contribution in [-0.2, 0) is 4.79 Å². The summed E-state index contributed by atoms with van der Waals surface area (Å²) in [5.74, 6) is 0. The van der Waals surface area contributed by atoms with Crippen molar-refractivity contribution in [3.8, 4) is 0 Å². The van der Waals surface area contributed by atoms with Crippen LogP contribution in [0.2, 0.25) is 0 Å². The molecule has 0 saturated carbocycles. The third-order valence-electron chi connectivity index (χ3n) is 2.95. The van der Waals surface area contributed by atoms with Gasteiger partial charge >= 0.3 is 0 Å². The zero-order valence-electron chi connectivity index (χ0n) is 9.55. The van der Waals surface area contributed by atoms with E-state index in [0.717, 1.165) is 12.0 Å². The Labute approximate surface area is 95.5 Å². The van der Waals surface area contributed by atoms with Crippen LogP contribution in [0.25, 0.3) is 10.8 Å². The SMILES string of the molecule is C[C@@H](C=O)N(C)c1cccc2ccccc12. The Morgan fingerprint density at radius 1 is 1.12 bits per heavy atom. The molecule has 82 valence electrons. The fourth-order valence-corrected chi connectivity index (χ4v) is 1.83. The van der Waals surface area contributed by atoms with Crippen molar-refractivity contribution in [3.05, 3.63) is 42.5 Å². The number of rotatable bonds is 3. The Kier molecular flexibility index (Phi) is 2.91. The monoisotopic (exact) mass is 213 g/mol. The van der Waals surface area contributed by atoms with E-state index in [0.29, 0.717) is 0 Å². The molecule has 0 amide bonds. The van der Waals surface area contributed by atoms with Crippen LogP contribution >= 0.6 is 0 Å². The zero-order chi connectivity index (χ0) is 11.5. The number of carbonyl (C=O) groups is 1. The lowest BCUT2D eigenvalue weighted by Crippen LogP contribution is -2.29. The van der Waals surface area contributed by atoms with Crippen LogP contribution in [0.15, 0.2) is 42.5 Å². The smallest absolute Gasteiger partial charge is 0.142 e. The first-order valence-corrected chi connectivity index (χ1v) is 5.40. The van der Waals surface area contributed by atoms with Gasteiger partial charge in [-0.1, -0.05) is 36.4 Å². The molecular weight excluding hydrogens is 198 g/mol. The highest BCUT2D eigenvalue weighted by Gasteiger charge is 2.10. The van der Waals surface area contributed by atoms with Gasteiger partial charge in [0.25, 0.3) is 0 Å². The molecule has 0 heterocycles. The molecule has 1 atom stereocenters. The summed E-state index contributed by atoms with van der Waals surface area (Å²) in [6.45, 7) is 1.90. The molecule has 0 aliphatic rings. The van der Waals surface area contributed by atoms with E-state index >= 15 is 0 Å². The van der Waals surface area contributed by atoms with Crippen molar-refractivity contribution < 1.29 is 4.79 Å². The van der Waals surface area contributed by atoms with E-state index in [9.17, 15) is 4.79 Å². The lowest BCUT2D eigenvalue weighted by atomic mass is 10.1. The van der Waals surface area contributed by atoms with E-state index in [2.05, 4.69) is 18.2 Å². The molecule has 0 N–H and O–H groups in total. The molecule has 2 aromatic carbocycles. The minimum absolute atomic E-state index is 0.106. The molecule has 2 nitrogen and oxygen atoms in total. The van der Waals surface area contributed by atoms with Crippen molar-refractivity contribution in [3.63, 3.8) is 0 Å². The van der Waals surface area contributed by atoms with Gasteiger partial charge in [0.05, 0.1) is 6.04 Å². The number of likely N-dealkylation sites (N-methyl/N-ethyl adjacent to an activating group) is 1. The fraction of sp³-hybridized carbons (Fsp3) is 0.214. The van der Waals surface area contributed by atoms with Crippen LogP contribution in [0.3, 0.4) is 0 Å². The number of anilines is 1. The van der Waals surface area contributed by atoms with Gasteiger partial charge in [-0.25, -0.2) is 0 Å². The average molecular weight is 213 g/mol. The van der Waals surface area contributed by atoms with E-state index in [-0.39, 0.29) is 6.04 Å². The molecule has 0 aliphatic heterocycles. The number of hydrogen-bond donors (Lipinski definition) is 0. The average Bonchev–Trinajstić information content (AvgIpc) is 2.36. The largest absolute Gasteiger partial charge is 0.365 e. The Hall–Kier alpha value is -1.83. The highest BCUT2D eigenvalue weighted by atomic mass is 16.1. The Bertz CT molecular complexity index is 502. The maximum Gasteiger partial charge on any atom is 0.142 e. The highest BCUT2D eigenvalue weighted by Crippen LogP contribution is 2.26. The second-order valence-corrected chi connectivity index (χ2v) is 3.99. The van der Waals surface area contributed by atoms with Gasteiger partial charge in [0.15, 0.2) is 0 Å². The van der Waals surface area contributed by atoms with Crippen molar-refractivity contribution >= 4 is 22.7 Å². The van der Waals surface area contributed by atoms with Gasteiger partial charge in [-0.2, -0.15) is 0 Å². The second-order valence-electron chi connectivity index (χ2n) is 3.99. The number of nitrogens with zero attached hydrogens (tertiary/aromatic N) is 1. The maximum absolute atomic E-state index is 10.8. The first kappa shape index (κ1) is 10.7. The molecule has 0 fully saturated rings. The van der Waals surface area contributed by atoms with Gasteiger partial charge in [0.2, 0.25) is 0 Å². The van der Waals surface area contributed by atoms with Gasteiger partial charge in [-0.05, 0) is 18.4 Å². The van der Waals surface area contributed by atoms with Gasteiger partial charge in [0, 0.05) is 18.1 Å². The Morgan fingerprint density at radius 3 is 2.56 bits per heavy atom. The normalized spacial score (nSPS) is 12.4. The molecule has 0 aliphatic carbocycles. The highest BCUT2D eigenvalue weighted by molar-refractivity contribution is 5.95. The predicted molar refractivity (Wildman–Crippen MR) is 67.9 cm³/mol. The molecule has 2 heteroatoms. The summed E-state index contributed by atoms with van der Waals surface area (Å²) in [6.07, 6.45) is 0.960. The van der Waals surface area contributed by atoms with E-state index < -0.39 is 0 Å². The lowest BCUT2D eigenvalue weighted by molar-refractivity contribution is -0.108. The van der Waals surface area contributed by atoms with Crippen LogP contribution in [-0.4, -0.2) is 19.4 Å². The van der Waals surface area contributed by atoms with E-state index in [1.54, 1.807) is 0 Å². The molecule has 16 heavy (non-hydrogen) atoms. The van der Waals surface area contributed by atoms with Gasteiger partial charge < -0.3 is 9.69 Å². The molecule has 0 saturated heterocycles. The summed E-state index contributed by atoms with van der Waals surface area (Å²) in [5, 5.41) is 2.38. The lowest BCUT2D eigenvalue weighted by Gasteiger charge is -2.24. The number of benzene rings is 2. The number of fused-ring (bicyclic) bond motifs is 1. The molecule has 0 radical (unpaired) electrons.